The van der Waals surface area contributed by atoms with E-state index in [9.17, 15) is 5.11 Å². The first-order chi connectivity index (χ1) is 10.6. The van der Waals surface area contributed by atoms with E-state index in [2.05, 4.69) is 14.9 Å². The van der Waals surface area contributed by atoms with Crippen LogP contribution in [0.1, 0.15) is 17.0 Å². The number of aromatic hydroxyl groups is 1. The van der Waals surface area contributed by atoms with E-state index < -0.39 is 0 Å². The summed E-state index contributed by atoms with van der Waals surface area (Å²) in [6, 6.07) is 5.66. The number of aryl methyl sites for hydroxylation is 2. The number of morpholine rings is 1. The summed E-state index contributed by atoms with van der Waals surface area (Å²) >= 11 is 0. The number of rotatable bonds is 3. The van der Waals surface area contributed by atoms with E-state index in [0.717, 1.165) is 61.1 Å². The molecular formula is C17H21N3O2. The largest absolute Gasteiger partial charge is 0.508 e. The van der Waals surface area contributed by atoms with Crippen LogP contribution in [0.2, 0.25) is 0 Å². The summed E-state index contributed by atoms with van der Waals surface area (Å²) in [5.74, 6) is 0.327. The molecule has 1 aromatic heterocycles. The van der Waals surface area contributed by atoms with Crippen LogP contribution in [0.3, 0.4) is 0 Å². The number of benzene rings is 1. The number of aromatic nitrogens is 2. The van der Waals surface area contributed by atoms with E-state index in [4.69, 9.17) is 4.74 Å². The zero-order valence-corrected chi connectivity index (χ0v) is 13.0. The standard InChI is InChI=1S/C17H21N3O2/c1-12-10-18-13(2)17(19-12)14-3-4-16(21)15(9-14)11-20-5-7-22-8-6-20/h3-4,9-10,21H,5-8,11H2,1-2H3. The van der Waals surface area contributed by atoms with E-state index >= 15 is 0 Å². The van der Waals surface area contributed by atoms with E-state index in [1.807, 2.05) is 26.0 Å². The molecule has 0 amide bonds. The molecule has 0 unspecified atom stereocenters. The quantitative estimate of drug-likeness (QED) is 0.942. The predicted octanol–water partition coefficient (Wildman–Crippen LogP) is 2.30. The molecule has 0 aliphatic carbocycles. The number of phenolic OH excluding ortho intramolecular Hbond substituents is 1. The Balaban J connectivity index is 1.90. The lowest BCUT2D eigenvalue weighted by Crippen LogP contribution is -2.35. The van der Waals surface area contributed by atoms with Gasteiger partial charge in [-0.2, -0.15) is 0 Å². The van der Waals surface area contributed by atoms with Gasteiger partial charge in [0.1, 0.15) is 5.75 Å². The molecule has 116 valence electrons. The lowest BCUT2D eigenvalue weighted by molar-refractivity contribution is 0.0339. The Kier molecular flexibility index (Phi) is 4.36. The van der Waals surface area contributed by atoms with Gasteiger partial charge in [-0.1, -0.05) is 0 Å². The molecule has 22 heavy (non-hydrogen) atoms. The van der Waals surface area contributed by atoms with Gasteiger partial charge in [0, 0.05) is 37.0 Å². The SMILES string of the molecule is Cc1cnc(C)c(-c2ccc(O)c(CN3CCOCC3)c2)n1. The van der Waals surface area contributed by atoms with Crippen molar-refractivity contribution in [2.45, 2.75) is 20.4 Å². The summed E-state index contributed by atoms with van der Waals surface area (Å²) in [7, 11) is 0. The van der Waals surface area contributed by atoms with Crippen LogP contribution in [-0.4, -0.2) is 46.3 Å². The number of hydrogen-bond acceptors (Lipinski definition) is 5. The Bertz CT molecular complexity index is 667. The first kappa shape index (κ1) is 14.9. The van der Waals surface area contributed by atoms with Crippen LogP contribution in [0.25, 0.3) is 11.3 Å². The zero-order chi connectivity index (χ0) is 15.5. The fourth-order valence-electron chi connectivity index (χ4n) is 2.67. The smallest absolute Gasteiger partial charge is 0.120 e. The number of phenols is 1. The molecule has 1 fully saturated rings. The minimum absolute atomic E-state index is 0.327. The minimum Gasteiger partial charge on any atom is -0.508 e. The first-order valence-electron chi connectivity index (χ1n) is 7.56. The summed E-state index contributed by atoms with van der Waals surface area (Å²) < 4.78 is 5.37. The molecule has 0 bridgehead atoms. The van der Waals surface area contributed by atoms with Crippen molar-refractivity contribution in [2.75, 3.05) is 26.3 Å². The highest BCUT2D eigenvalue weighted by atomic mass is 16.5. The number of nitrogens with zero attached hydrogens (tertiary/aromatic N) is 3. The molecule has 1 aliphatic rings. The maximum Gasteiger partial charge on any atom is 0.120 e. The van der Waals surface area contributed by atoms with Crippen molar-refractivity contribution in [3.8, 4) is 17.0 Å². The molecule has 0 radical (unpaired) electrons. The molecule has 3 rings (SSSR count). The second-order valence-corrected chi connectivity index (χ2v) is 5.68. The van der Waals surface area contributed by atoms with Crippen LogP contribution in [0.5, 0.6) is 5.75 Å². The fourth-order valence-corrected chi connectivity index (χ4v) is 2.67. The molecule has 1 aliphatic heterocycles. The maximum atomic E-state index is 10.1. The van der Waals surface area contributed by atoms with Gasteiger partial charge in [-0.3, -0.25) is 9.88 Å². The van der Waals surface area contributed by atoms with Gasteiger partial charge in [-0.05, 0) is 32.0 Å². The molecule has 5 heteroatoms. The van der Waals surface area contributed by atoms with Crippen LogP contribution < -0.4 is 0 Å². The lowest BCUT2D eigenvalue weighted by Gasteiger charge is -2.27. The molecule has 1 aromatic carbocycles. The molecule has 1 N–H and O–H groups in total. The van der Waals surface area contributed by atoms with Gasteiger partial charge in [0.15, 0.2) is 0 Å². The predicted molar refractivity (Wildman–Crippen MR) is 84.7 cm³/mol. The van der Waals surface area contributed by atoms with Crippen LogP contribution in [0.4, 0.5) is 0 Å². The Morgan fingerprint density at radius 1 is 1.23 bits per heavy atom. The highest BCUT2D eigenvalue weighted by Gasteiger charge is 2.14. The van der Waals surface area contributed by atoms with E-state index in [-0.39, 0.29) is 0 Å². The summed E-state index contributed by atoms with van der Waals surface area (Å²) in [6.07, 6.45) is 1.77. The maximum absolute atomic E-state index is 10.1. The van der Waals surface area contributed by atoms with Gasteiger partial charge in [0.2, 0.25) is 0 Å². The molecule has 1 saturated heterocycles. The van der Waals surface area contributed by atoms with Crippen molar-refractivity contribution < 1.29 is 9.84 Å². The van der Waals surface area contributed by atoms with Gasteiger partial charge in [-0.25, -0.2) is 4.98 Å². The monoisotopic (exact) mass is 299 g/mol. The second kappa shape index (κ2) is 6.42. The van der Waals surface area contributed by atoms with Crippen molar-refractivity contribution in [1.29, 1.82) is 0 Å². The Labute approximate surface area is 130 Å². The highest BCUT2D eigenvalue weighted by molar-refractivity contribution is 5.64. The van der Waals surface area contributed by atoms with Gasteiger partial charge < -0.3 is 9.84 Å². The summed E-state index contributed by atoms with van der Waals surface area (Å²) in [6.45, 7) is 7.91. The Hall–Kier alpha value is -1.98. The normalized spacial score (nSPS) is 15.9. The molecule has 0 spiro atoms. The third-order valence-electron chi connectivity index (χ3n) is 3.93. The van der Waals surface area contributed by atoms with Crippen LogP contribution in [-0.2, 0) is 11.3 Å². The van der Waals surface area contributed by atoms with Crippen molar-refractivity contribution in [1.82, 2.24) is 14.9 Å². The van der Waals surface area contributed by atoms with Crippen LogP contribution in [0.15, 0.2) is 24.4 Å². The van der Waals surface area contributed by atoms with Gasteiger partial charge in [0.25, 0.3) is 0 Å². The lowest BCUT2D eigenvalue weighted by atomic mass is 10.0. The minimum atomic E-state index is 0.327. The molecule has 5 nitrogen and oxygen atoms in total. The summed E-state index contributed by atoms with van der Waals surface area (Å²) in [5, 5.41) is 10.1. The van der Waals surface area contributed by atoms with E-state index in [1.165, 1.54) is 0 Å². The highest BCUT2D eigenvalue weighted by Crippen LogP contribution is 2.27. The van der Waals surface area contributed by atoms with Crippen molar-refractivity contribution in [3.63, 3.8) is 0 Å². The average molecular weight is 299 g/mol. The molecule has 2 heterocycles. The summed E-state index contributed by atoms with van der Waals surface area (Å²) in [5.41, 5.74) is 4.58. The Morgan fingerprint density at radius 3 is 2.77 bits per heavy atom. The van der Waals surface area contributed by atoms with Crippen LogP contribution >= 0.6 is 0 Å². The number of ether oxygens (including phenoxy) is 1. The van der Waals surface area contributed by atoms with Gasteiger partial charge >= 0.3 is 0 Å². The van der Waals surface area contributed by atoms with E-state index in [1.54, 1.807) is 12.3 Å². The van der Waals surface area contributed by atoms with E-state index in [0.29, 0.717) is 5.75 Å². The molecule has 2 aromatic rings. The Morgan fingerprint density at radius 2 is 2.00 bits per heavy atom. The topological polar surface area (TPSA) is 58.5 Å². The first-order valence-corrected chi connectivity index (χ1v) is 7.56. The third-order valence-corrected chi connectivity index (χ3v) is 3.93. The molecule has 0 atom stereocenters. The second-order valence-electron chi connectivity index (χ2n) is 5.68. The van der Waals surface area contributed by atoms with Crippen LogP contribution in [0, 0.1) is 13.8 Å². The van der Waals surface area contributed by atoms with Crippen molar-refractivity contribution >= 4 is 0 Å². The third kappa shape index (κ3) is 3.26. The van der Waals surface area contributed by atoms with Crippen molar-refractivity contribution in [2.24, 2.45) is 0 Å². The van der Waals surface area contributed by atoms with Gasteiger partial charge in [0.05, 0.1) is 30.3 Å². The fraction of sp³-hybridized carbons (Fsp3) is 0.412. The van der Waals surface area contributed by atoms with Gasteiger partial charge in [-0.15, -0.1) is 0 Å². The van der Waals surface area contributed by atoms with Crippen molar-refractivity contribution in [3.05, 3.63) is 41.3 Å². The molecular weight excluding hydrogens is 278 g/mol. The zero-order valence-electron chi connectivity index (χ0n) is 13.0. The number of hydrogen-bond donors (Lipinski definition) is 1. The summed E-state index contributed by atoms with van der Waals surface area (Å²) in [4.78, 5) is 11.2. The average Bonchev–Trinajstić information content (AvgIpc) is 2.53. The molecule has 0 saturated carbocycles.